The number of rotatable bonds is 8. The van der Waals surface area contributed by atoms with E-state index in [1.807, 2.05) is 4.90 Å². The van der Waals surface area contributed by atoms with E-state index in [-0.39, 0.29) is 29.3 Å². The molecule has 0 spiro atoms. The highest BCUT2D eigenvalue weighted by atomic mass is 19.4. The van der Waals surface area contributed by atoms with E-state index < -0.39 is 55.8 Å². The molecule has 1 aromatic heterocycles. The van der Waals surface area contributed by atoms with E-state index in [1.54, 1.807) is 13.0 Å². The third-order valence-corrected chi connectivity index (χ3v) is 7.58. The average Bonchev–Trinajstić information content (AvgIpc) is 3.18. The number of hydrogen-bond donors (Lipinski definition) is 4. The zero-order valence-corrected chi connectivity index (χ0v) is 21.2. The lowest BCUT2D eigenvalue weighted by Crippen LogP contribution is -2.54. The van der Waals surface area contributed by atoms with Gasteiger partial charge < -0.3 is 20.3 Å². The predicted molar refractivity (Wildman–Crippen MR) is 137 cm³/mol. The second kappa shape index (κ2) is 10.7. The Hall–Kier alpha value is -2.74. The van der Waals surface area contributed by atoms with Crippen LogP contribution in [0.25, 0.3) is 10.9 Å². The zero-order chi connectivity index (χ0) is 28.1. The molecule has 1 saturated heterocycles. The van der Waals surface area contributed by atoms with E-state index in [0.717, 1.165) is 17.0 Å². The number of nitrogens with zero attached hydrogens (tertiary/aromatic N) is 2. The van der Waals surface area contributed by atoms with Gasteiger partial charge in [0.1, 0.15) is 11.6 Å². The molecule has 2 aliphatic heterocycles. The minimum Gasteiger partial charge on any atom is -0.423 e. The summed E-state index contributed by atoms with van der Waals surface area (Å²) in [7, 11) is -1.75. The van der Waals surface area contributed by atoms with E-state index >= 15 is 8.78 Å². The number of hydrogen-bond acceptors (Lipinski definition) is 5. The Morgan fingerprint density at radius 2 is 1.79 bits per heavy atom. The molecule has 39 heavy (non-hydrogen) atoms. The first-order chi connectivity index (χ1) is 18.4. The lowest BCUT2D eigenvalue weighted by atomic mass is 9.79. The fourth-order valence-electron chi connectivity index (χ4n) is 5.79. The van der Waals surface area contributed by atoms with Crippen LogP contribution in [0.1, 0.15) is 36.2 Å². The van der Waals surface area contributed by atoms with Gasteiger partial charge in [-0.05, 0) is 49.0 Å². The maximum absolute atomic E-state index is 15.6. The van der Waals surface area contributed by atoms with Gasteiger partial charge in [-0.15, -0.1) is 0 Å². The molecule has 13 heteroatoms. The summed E-state index contributed by atoms with van der Waals surface area (Å²) in [5, 5.41) is 22.8. The van der Waals surface area contributed by atoms with Crippen molar-refractivity contribution < 1.29 is 36.4 Å². The Kier molecular flexibility index (Phi) is 7.62. The van der Waals surface area contributed by atoms with E-state index in [2.05, 4.69) is 10.3 Å². The lowest BCUT2D eigenvalue weighted by Gasteiger charge is -2.41. The van der Waals surface area contributed by atoms with Gasteiger partial charge in [0.25, 0.3) is 0 Å². The van der Waals surface area contributed by atoms with Crippen LogP contribution in [-0.2, 0) is 6.42 Å². The Morgan fingerprint density at radius 3 is 2.41 bits per heavy atom. The fourth-order valence-corrected chi connectivity index (χ4v) is 5.79. The molecule has 210 valence electrons. The maximum atomic E-state index is 15.6. The molecule has 0 amide bonds. The molecule has 5 rings (SSSR count). The molecular formula is C26H29BF6N4O2. The van der Waals surface area contributed by atoms with E-state index in [4.69, 9.17) is 0 Å². The molecule has 0 bridgehead atoms. The van der Waals surface area contributed by atoms with Crippen molar-refractivity contribution in [2.45, 2.75) is 44.1 Å². The molecule has 2 atom stereocenters. The van der Waals surface area contributed by atoms with E-state index in [1.165, 1.54) is 12.1 Å². The summed E-state index contributed by atoms with van der Waals surface area (Å²) in [4.78, 5) is 6.11. The summed E-state index contributed by atoms with van der Waals surface area (Å²) >= 11 is 0. The van der Waals surface area contributed by atoms with Crippen LogP contribution in [0, 0.1) is 11.6 Å². The molecular weight excluding hydrogens is 525 g/mol. The van der Waals surface area contributed by atoms with Crippen LogP contribution in [0.2, 0.25) is 0 Å². The molecule has 0 radical (unpaired) electrons. The molecule has 4 N–H and O–H groups in total. The fraction of sp³-hybridized carbons (Fsp3) is 0.462. The van der Waals surface area contributed by atoms with Crippen molar-refractivity contribution in [1.82, 2.24) is 14.8 Å². The van der Waals surface area contributed by atoms with Crippen LogP contribution in [0.3, 0.4) is 0 Å². The summed E-state index contributed by atoms with van der Waals surface area (Å²) in [5.74, 6) is -1.96. The smallest absolute Gasteiger partial charge is 0.423 e. The van der Waals surface area contributed by atoms with Crippen LogP contribution in [0.15, 0.2) is 30.3 Å². The SMILES string of the molecule is CC1Cc2c([nH]c3ccc(B(O)O)cc23)C(c2c(F)cc(NC3CN(CCCF)C3)cc2F)N1CC(F)(F)F. The number of H-pyrrole nitrogens is 1. The number of nitrogens with one attached hydrogen (secondary N) is 2. The number of halogens is 6. The van der Waals surface area contributed by atoms with Crippen molar-refractivity contribution in [2.75, 3.05) is 38.2 Å². The number of anilines is 1. The summed E-state index contributed by atoms with van der Waals surface area (Å²) in [6.07, 6.45) is -4.04. The summed E-state index contributed by atoms with van der Waals surface area (Å²) in [6, 6.07) is 4.53. The van der Waals surface area contributed by atoms with Crippen molar-refractivity contribution in [3.63, 3.8) is 0 Å². The minimum absolute atomic E-state index is 0.0814. The van der Waals surface area contributed by atoms with Gasteiger partial charge in [-0.2, -0.15) is 13.2 Å². The molecule has 6 nitrogen and oxygen atoms in total. The summed E-state index contributed by atoms with van der Waals surface area (Å²) < 4.78 is 84.6. The highest BCUT2D eigenvalue weighted by Gasteiger charge is 2.44. The van der Waals surface area contributed by atoms with Crippen LogP contribution < -0.4 is 10.8 Å². The van der Waals surface area contributed by atoms with Gasteiger partial charge in [-0.25, -0.2) is 8.78 Å². The Bertz CT molecular complexity index is 1320. The first-order valence-electron chi connectivity index (χ1n) is 12.8. The first kappa shape index (κ1) is 27.8. The largest absolute Gasteiger partial charge is 0.488 e. The molecule has 2 aliphatic rings. The topological polar surface area (TPSA) is 74.8 Å². The summed E-state index contributed by atoms with van der Waals surface area (Å²) in [5.41, 5.74) is 1.19. The van der Waals surface area contributed by atoms with Crippen molar-refractivity contribution >= 4 is 29.2 Å². The lowest BCUT2D eigenvalue weighted by molar-refractivity contribution is -0.155. The van der Waals surface area contributed by atoms with Gasteiger partial charge >= 0.3 is 13.3 Å². The van der Waals surface area contributed by atoms with Gasteiger partial charge in [0, 0.05) is 53.5 Å². The maximum Gasteiger partial charge on any atom is 0.488 e. The summed E-state index contributed by atoms with van der Waals surface area (Å²) in [6.45, 7) is 1.56. The van der Waals surface area contributed by atoms with Crippen molar-refractivity contribution in [3.05, 3.63) is 58.8 Å². The van der Waals surface area contributed by atoms with Gasteiger partial charge in [0.15, 0.2) is 0 Å². The third-order valence-electron chi connectivity index (χ3n) is 7.58. The third kappa shape index (κ3) is 5.63. The molecule has 1 fully saturated rings. The van der Waals surface area contributed by atoms with E-state index in [0.29, 0.717) is 42.5 Å². The quantitative estimate of drug-likeness (QED) is 0.254. The zero-order valence-electron chi connectivity index (χ0n) is 21.2. The molecule has 3 heterocycles. The number of fused-ring (bicyclic) bond motifs is 3. The average molecular weight is 554 g/mol. The highest BCUT2D eigenvalue weighted by Crippen LogP contribution is 2.44. The van der Waals surface area contributed by atoms with Gasteiger partial charge in [-0.1, -0.05) is 12.1 Å². The highest BCUT2D eigenvalue weighted by molar-refractivity contribution is 6.58. The number of alkyl halides is 4. The van der Waals surface area contributed by atoms with Crippen molar-refractivity contribution in [1.29, 1.82) is 0 Å². The van der Waals surface area contributed by atoms with Crippen molar-refractivity contribution in [2.24, 2.45) is 0 Å². The van der Waals surface area contributed by atoms with Gasteiger partial charge in [0.2, 0.25) is 0 Å². The normalized spacial score (nSPS) is 20.7. The monoisotopic (exact) mass is 554 g/mol. The van der Waals surface area contributed by atoms with Gasteiger partial charge in [-0.3, -0.25) is 14.2 Å². The Labute approximate surface area is 221 Å². The minimum atomic E-state index is -4.61. The number of benzene rings is 2. The molecule has 0 aliphatic carbocycles. The Balaban J connectivity index is 1.53. The van der Waals surface area contributed by atoms with Gasteiger partial charge in [0.05, 0.1) is 25.3 Å². The van der Waals surface area contributed by atoms with Crippen LogP contribution in [0.5, 0.6) is 0 Å². The van der Waals surface area contributed by atoms with Crippen LogP contribution in [0.4, 0.5) is 32.0 Å². The van der Waals surface area contributed by atoms with Crippen LogP contribution >= 0.6 is 0 Å². The molecule has 3 aromatic rings. The molecule has 2 unspecified atom stereocenters. The standard InChI is InChI=1S/C26H29BF6N4O2/c1-14-7-19-18-8-15(27(38)39)3-4-22(18)35-24(19)25(37(14)13-26(31,32)33)23-20(29)9-16(10-21(23)30)34-17-11-36(12-17)6-2-5-28/h3-4,8-10,14,17,25,34-35,38-39H,2,5-7,11-13H2,1H3. The van der Waals surface area contributed by atoms with E-state index in [9.17, 15) is 27.6 Å². The molecule has 0 saturated carbocycles. The van der Waals surface area contributed by atoms with Crippen LogP contribution in [-0.4, -0.2) is 83.1 Å². The number of aromatic nitrogens is 1. The predicted octanol–water partition coefficient (Wildman–Crippen LogP) is 3.48. The second-order valence-electron chi connectivity index (χ2n) is 10.4. The number of likely N-dealkylation sites (tertiary alicyclic amines) is 1. The first-order valence-corrected chi connectivity index (χ1v) is 12.8. The number of aromatic amines is 1. The van der Waals surface area contributed by atoms with Crippen molar-refractivity contribution in [3.8, 4) is 0 Å². The second-order valence-corrected chi connectivity index (χ2v) is 10.4. The Morgan fingerprint density at radius 1 is 1.10 bits per heavy atom. The molecule has 2 aromatic carbocycles.